The van der Waals surface area contributed by atoms with Crippen LogP contribution in [-0.2, 0) is 6.54 Å². The summed E-state index contributed by atoms with van der Waals surface area (Å²) in [4.78, 5) is 4.51. The van der Waals surface area contributed by atoms with Crippen LogP contribution in [-0.4, -0.2) is 14.7 Å². The van der Waals surface area contributed by atoms with Gasteiger partial charge in [0.2, 0.25) is 0 Å². The number of nitriles is 1. The van der Waals surface area contributed by atoms with Crippen molar-refractivity contribution >= 4 is 22.6 Å². The van der Waals surface area contributed by atoms with Crippen molar-refractivity contribution in [3.05, 3.63) is 47.6 Å². The van der Waals surface area contributed by atoms with Crippen molar-refractivity contribution in [2.45, 2.75) is 18.8 Å². The zero-order valence-electron chi connectivity index (χ0n) is 10.7. The fourth-order valence-corrected chi connectivity index (χ4v) is 2.37. The van der Waals surface area contributed by atoms with Gasteiger partial charge < -0.3 is 9.09 Å². The molecule has 5 nitrogen and oxygen atoms in total. The lowest BCUT2D eigenvalue weighted by molar-refractivity contribution is 0.376. The Balaban J connectivity index is 2.22. The Hall–Kier alpha value is -2.32. The SMILES string of the molecule is CC(Cl)c1nc2c(C#N)cccc2n1Cc1ccno1. The van der Waals surface area contributed by atoms with E-state index in [1.54, 1.807) is 18.3 Å². The van der Waals surface area contributed by atoms with E-state index in [9.17, 15) is 5.26 Å². The normalized spacial score (nSPS) is 12.4. The summed E-state index contributed by atoms with van der Waals surface area (Å²) in [7, 11) is 0. The standard InChI is InChI=1S/C14H11ClN4O/c1-9(15)14-18-13-10(7-16)3-2-4-12(13)19(14)8-11-5-6-17-20-11/h2-6,9H,8H2,1H3. The Labute approximate surface area is 120 Å². The first-order valence-electron chi connectivity index (χ1n) is 6.13. The number of halogens is 1. The molecule has 0 spiro atoms. The van der Waals surface area contributed by atoms with Gasteiger partial charge in [-0.2, -0.15) is 5.26 Å². The van der Waals surface area contributed by atoms with Gasteiger partial charge >= 0.3 is 0 Å². The molecule has 0 amide bonds. The lowest BCUT2D eigenvalue weighted by Crippen LogP contribution is -2.05. The van der Waals surface area contributed by atoms with Gasteiger partial charge in [-0.25, -0.2) is 4.98 Å². The maximum Gasteiger partial charge on any atom is 0.156 e. The number of imidazole rings is 1. The zero-order chi connectivity index (χ0) is 14.1. The highest BCUT2D eigenvalue weighted by molar-refractivity contribution is 6.20. The molecule has 2 aromatic heterocycles. The molecule has 0 aliphatic heterocycles. The molecule has 0 bridgehead atoms. The van der Waals surface area contributed by atoms with E-state index in [4.69, 9.17) is 16.1 Å². The molecule has 2 heterocycles. The highest BCUT2D eigenvalue weighted by Crippen LogP contribution is 2.27. The molecular weight excluding hydrogens is 276 g/mol. The van der Waals surface area contributed by atoms with Crippen molar-refractivity contribution in [1.29, 1.82) is 5.26 Å². The lowest BCUT2D eigenvalue weighted by Gasteiger charge is -2.08. The van der Waals surface area contributed by atoms with E-state index in [2.05, 4.69) is 16.2 Å². The Bertz CT molecular complexity index is 783. The predicted molar refractivity (Wildman–Crippen MR) is 74.3 cm³/mol. The summed E-state index contributed by atoms with van der Waals surface area (Å²) in [6.45, 7) is 2.34. The first-order chi connectivity index (χ1) is 9.70. The third-order valence-corrected chi connectivity index (χ3v) is 3.29. The van der Waals surface area contributed by atoms with Gasteiger partial charge in [-0.15, -0.1) is 11.6 Å². The summed E-state index contributed by atoms with van der Waals surface area (Å²) in [5, 5.41) is 12.6. The van der Waals surface area contributed by atoms with E-state index >= 15 is 0 Å². The number of nitrogens with zero attached hydrogens (tertiary/aromatic N) is 4. The van der Waals surface area contributed by atoms with Gasteiger partial charge in [-0.1, -0.05) is 11.2 Å². The van der Waals surface area contributed by atoms with Crippen LogP contribution in [0.2, 0.25) is 0 Å². The predicted octanol–water partition coefficient (Wildman–Crippen LogP) is 3.24. The number of hydrogen-bond acceptors (Lipinski definition) is 4. The van der Waals surface area contributed by atoms with Crippen molar-refractivity contribution in [2.75, 3.05) is 0 Å². The molecule has 0 saturated carbocycles. The Morgan fingerprint density at radius 3 is 2.95 bits per heavy atom. The van der Waals surface area contributed by atoms with Crippen LogP contribution in [0.5, 0.6) is 0 Å². The van der Waals surface area contributed by atoms with Gasteiger partial charge in [0.05, 0.1) is 29.2 Å². The van der Waals surface area contributed by atoms with Crippen molar-refractivity contribution in [1.82, 2.24) is 14.7 Å². The number of benzene rings is 1. The van der Waals surface area contributed by atoms with Gasteiger partial charge in [-0.3, -0.25) is 0 Å². The molecule has 0 N–H and O–H groups in total. The fourth-order valence-electron chi connectivity index (χ4n) is 2.20. The van der Waals surface area contributed by atoms with Crippen molar-refractivity contribution in [3.8, 4) is 6.07 Å². The molecule has 1 unspecified atom stereocenters. The van der Waals surface area contributed by atoms with E-state index < -0.39 is 0 Å². The molecule has 0 aliphatic carbocycles. The van der Waals surface area contributed by atoms with Crippen LogP contribution in [0.4, 0.5) is 0 Å². The molecule has 0 saturated heterocycles. The third kappa shape index (κ3) is 2.04. The van der Waals surface area contributed by atoms with Gasteiger partial charge in [0, 0.05) is 6.07 Å². The minimum atomic E-state index is -0.267. The molecular formula is C14H11ClN4O. The largest absolute Gasteiger partial charge is 0.359 e. The molecule has 0 aliphatic rings. The van der Waals surface area contributed by atoms with Crippen molar-refractivity contribution in [2.24, 2.45) is 0 Å². The summed E-state index contributed by atoms with van der Waals surface area (Å²) in [6, 6.07) is 9.45. The second kappa shape index (κ2) is 4.99. The summed E-state index contributed by atoms with van der Waals surface area (Å²) in [5.74, 6) is 1.42. The smallest absolute Gasteiger partial charge is 0.156 e. The van der Waals surface area contributed by atoms with Crippen LogP contribution in [0.15, 0.2) is 35.0 Å². The zero-order valence-corrected chi connectivity index (χ0v) is 11.5. The average Bonchev–Trinajstić information content (AvgIpc) is 3.07. The highest BCUT2D eigenvalue weighted by atomic mass is 35.5. The maximum atomic E-state index is 9.17. The first kappa shape index (κ1) is 12.7. The summed E-state index contributed by atoms with van der Waals surface area (Å²) in [6.07, 6.45) is 1.60. The van der Waals surface area contributed by atoms with Gasteiger partial charge in [0.15, 0.2) is 5.76 Å². The molecule has 20 heavy (non-hydrogen) atoms. The maximum absolute atomic E-state index is 9.17. The lowest BCUT2D eigenvalue weighted by atomic mass is 10.2. The molecule has 0 radical (unpaired) electrons. The molecule has 1 atom stereocenters. The van der Waals surface area contributed by atoms with Crippen LogP contribution in [0.25, 0.3) is 11.0 Å². The van der Waals surface area contributed by atoms with E-state index in [0.29, 0.717) is 29.2 Å². The van der Waals surface area contributed by atoms with Crippen LogP contribution in [0.3, 0.4) is 0 Å². The monoisotopic (exact) mass is 286 g/mol. The number of hydrogen-bond donors (Lipinski definition) is 0. The fraction of sp³-hybridized carbons (Fsp3) is 0.214. The van der Waals surface area contributed by atoms with Gasteiger partial charge in [0.25, 0.3) is 0 Å². The third-order valence-electron chi connectivity index (χ3n) is 3.09. The molecule has 6 heteroatoms. The van der Waals surface area contributed by atoms with Crippen molar-refractivity contribution in [3.63, 3.8) is 0 Å². The molecule has 0 fully saturated rings. The summed E-state index contributed by atoms with van der Waals surface area (Å²) >= 11 is 6.20. The van der Waals surface area contributed by atoms with E-state index in [-0.39, 0.29) is 5.38 Å². The van der Waals surface area contributed by atoms with Gasteiger partial charge in [0.1, 0.15) is 17.4 Å². The second-order valence-electron chi connectivity index (χ2n) is 4.44. The van der Waals surface area contributed by atoms with Gasteiger partial charge in [-0.05, 0) is 19.1 Å². The average molecular weight is 287 g/mol. The number of rotatable bonds is 3. The van der Waals surface area contributed by atoms with Crippen molar-refractivity contribution < 1.29 is 4.52 Å². The number of aromatic nitrogens is 3. The summed E-state index contributed by atoms with van der Waals surface area (Å²) < 4.78 is 7.09. The van der Waals surface area contributed by atoms with Crippen LogP contribution >= 0.6 is 11.6 Å². The van der Waals surface area contributed by atoms with E-state index in [0.717, 1.165) is 5.52 Å². The second-order valence-corrected chi connectivity index (χ2v) is 5.09. The molecule has 3 rings (SSSR count). The topological polar surface area (TPSA) is 67.6 Å². The molecule has 100 valence electrons. The minimum Gasteiger partial charge on any atom is -0.359 e. The Morgan fingerprint density at radius 1 is 1.45 bits per heavy atom. The highest BCUT2D eigenvalue weighted by Gasteiger charge is 2.18. The van der Waals surface area contributed by atoms with Crippen LogP contribution in [0.1, 0.15) is 29.4 Å². The van der Waals surface area contributed by atoms with Crippen LogP contribution < -0.4 is 0 Å². The van der Waals surface area contributed by atoms with E-state index in [1.807, 2.05) is 23.6 Å². The molecule has 3 aromatic rings. The minimum absolute atomic E-state index is 0.267. The number of fused-ring (bicyclic) bond motifs is 1. The Morgan fingerprint density at radius 2 is 2.30 bits per heavy atom. The van der Waals surface area contributed by atoms with Crippen LogP contribution in [0, 0.1) is 11.3 Å². The van der Waals surface area contributed by atoms with E-state index in [1.165, 1.54) is 0 Å². The summed E-state index contributed by atoms with van der Waals surface area (Å²) in [5.41, 5.74) is 2.07. The molecule has 1 aromatic carbocycles. The quantitative estimate of drug-likeness (QED) is 0.693. The Kier molecular flexibility index (Phi) is 3.17. The first-order valence-corrected chi connectivity index (χ1v) is 6.57. The number of para-hydroxylation sites is 1. The number of alkyl halides is 1.